The maximum atomic E-state index is 10.7. The number of hydrogen-bond acceptors (Lipinski definition) is 2. The number of hydrogen-bond donors (Lipinski definition) is 2. The third kappa shape index (κ3) is 4.25. The molecule has 1 atom stereocenters. The minimum atomic E-state index is -0.377. The van der Waals surface area contributed by atoms with Crippen molar-refractivity contribution in [3.8, 4) is 5.75 Å². The highest BCUT2D eigenvalue weighted by Crippen LogP contribution is 2.41. The average molecular weight is 306 g/mol. The summed E-state index contributed by atoms with van der Waals surface area (Å²) in [5.74, 6) is 0.415. The minimum absolute atomic E-state index is 0.116. The molecule has 0 spiro atoms. The minimum Gasteiger partial charge on any atom is -0.507 e. The predicted molar refractivity (Wildman–Crippen MR) is 94.7 cm³/mol. The summed E-state index contributed by atoms with van der Waals surface area (Å²) < 4.78 is 0. The quantitative estimate of drug-likeness (QED) is 0.830. The molecule has 2 heteroatoms. The molecule has 0 radical (unpaired) electrons. The molecule has 1 aromatic rings. The third-order valence-electron chi connectivity index (χ3n) is 4.58. The summed E-state index contributed by atoms with van der Waals surface area (Å²) in [7, 11) is 0. The molecule has 22 heavy (non-hydrogen) atoms. The fourth-order valence-electron chi connectivity index (χ4n) is 2.61. The molecule has 1 aromatic carbocycles. The summed E-state index contributed by atoms with van der Waals surface area (Å²) in [4.78, 5) is 0. The van der Waals surface area contributed by atoms with Gasteiger partial charge in [0.1, 0.15) is 5.75 Å². The third-order valence-corrected chi connectivity index (χ3v) is 4.58. The van der Waals surface area contributed by atoms with Crippen LogP contribution in [0.5, 0.6) is 5.75 Å². The molecule has 0 fully saturated rings. The van der Waals surface area contributed by atoms with Crippen LogP contribution >= 0.6 is 0 Å². The Balaban J connectivity index is 3.49. The monoisotopic (exact) mass is 306 g/mol. The smallest absolute Gasteiger partial charge is 0.123 e. The summed E-state index contributed by atoms with van der Waals surface area (Å²) in [5, 5.41) is 20.7. The van der Waals surface area contributed by atoms with Crippen molar-refractivity contribution in [1.29, 1.82) is 0 Å². The van der Waals surface area contributed by atoms with E-state index in [9.17, 15) is 10.2 Å². The van der Waals surface area contributed by atoms with Gasteiger partial charge in [-0.25, -0.2) is 0 Å². The normalized spacial score (nSPS) is 15.0. The van der Waals surface area contributed by atoms with E-state index >= 15 is 0 Å². The number of benzene rings is 1. The van der Waals surface area contributed by atoms with Crippen LogP contribution in [-0.2, 0) is 17.3 Å². The van der Waals surface area contributed by atoms with E-state index < -0.39 is 0 Å². The standard InChI is InChI=1S/C20H34O2/c1-13(21)20(8,9)12-14-10-15(18(2,3)4)17(22)16(11-14)19(5,6)7/h10-11,13,21-22H,12H2,1-9H3. The summed E-state index contributed by atoms with van der Waals surface area (Å²) in [6.07, 6.45) is 0.411. The van der Waals surface area contributed by atoms with Crippen molar-refractivity contribution < 1.29 is 10.2 Å². The Morgan fingerprint density at radius 3 is 1.50 bits per heavy atom. The SMILES string of the molecule is CC(O)C(C)(C)Cc1cc(C(C)(C)C)c(O)c(C(C)(C)C)c1. The molecule has 1 unspecified atom stereocenters. The molecule has 0 aliphatic rings. The van der Waals surface area contributed by atoms with Gasteiger partial charge in [-0.15, -0.1) is 0 Å². The zero-order chi connectivity index (χ0) is 17.5. The maximum Gasteiger partial charge on any atom is 0.123 e. The maximum absolute atomic E-state index is 10.7. The molecule has 0 heterocycles. The molecule has 126 valence electrons. The van der Waals surface area contributed by atoms with Gasteiger partial charge in [0.2, 0.25) is 0 Å². The topological polar surface area (TPSA) is 40.5 Å². The Hall–Kier alpha value is -1.02. The number of aliphatic hydroxyl groups is 1. The lowest BCUT2D eigenvalue weighted by Crippen LogP contribution is -2.29. The molecule has 0 aliphatic carbocycles. The summed E-state index contributed by atoms with van der Waals surface area (Å²) >= 11 is 0. The van der Waals surface area contributed by atoms with Crippen molar-refractivity contribution >= 4 is 0 Å². The predicted octanol–water partition coefficient (Wildman–Crippen LogP) is 4.94. The number of phenolic OH excluding ortho intramolecular Hbond substituents is 1. The average Bonchev–Trinajstić information content (AvgIpc) is 2.27. The number of aliphatic hydroxyl groups excluding tert-OH is 1. The molecule has 0 aliphatic heterocycles. The second kappa shape index (κ2) is 5.88. The van der Waals surface area contributed by atoms with Crippen LogP contribution in [0.3, 0.4) is 0 Å². The van der Waals surface area contributed by atoms with Gasteiger partial charge < -0.3 is 10.2 Å². The number of rotatable bonds is 3. The molecule has 0 saturated heterocycles. The van der Waals surface area contributed by atoms with Gasteiger partial charge in [-0.05, 0) is 46.3 Å². The van der Waals surface area contributed by atoms with E-state index in [1.165, 1.54) is 5.56 Å². The van der Waals surface area contributed by atoms with Gasteiger partial charge in [0, 0.05) is 0 Å². The van der Waals surface area contributed by atoms with Crippen molar-refractivity contribution in [3.63, 3.8) is 0 Å². The van der Waals surface area contributed by atoms with Gasteiger partial charge in [0.15, 0.2) is 0 Å². The first-order valence-electron chi connectivity index (χ1n) is 8.21. The van der Waals surface area contributed by atoms with Crippen LogP contribution in [0.25, 0.3) is 0 Å². The molecule has 2 N–H and O–H groups in total. The Bertz CT molecular complexity index is 491. The summed E-state index contributed by atoms with van der Waals surface area (Å²) in [6, 6.07) is 4.21. The molecule has 0 bridgehead atoms. The molecule has 0 saturated carbocycles. The summed E-state index contributed by atoms with van der Waals surface area (Å²) in [5.41, 5.74) is 2.72. The Labute approximate surface area is 136 Å². The lowest BCUT2D eigenvalue weighted by Gasteiger charge is -2.32. The van der Waals surface area contributed by atoms with E-state index in [1.54, 1.807) is 0 Å². The van der Waals surface area contributed by atoms with Gasteiger partial charge in [-0.2, -0.15) is 0 Å². The van der Waals surface area contributed by atoms with Crippen molar-refractivity contribution in [3.05, 3.63) is 28.8 Å². The van der Waals surface area contributed by atoms with Crippen molar-refractivity contribution in [2.24, 2.45) is 5.41 Å². The van der Waals surface area contributed by atoms with E-state index in [-0.39, 0.29) is 22.3 Å². The van der Waals surface area contributed by atoms with Crippen molar-refractivity contribution in [2.45, 2.75) is 85.7 Å². The molecule has 0 aromatic heterocycles. The van der Waals surface area contributed by atoms with Gasteiger partial charge in [0.05, 0.1) is 6.10 Å². The van der Waals surface area contributed by atoms with E-state index in [0.717, 1.165) is 17.5 Å². The Kier molecular flexibility index (Phi) is 5.09. The Morgan fingerprint density at radius 1 is 0.864 bits per heavy atom. The van der Waals surface area contributed by atoms with Crippen LogP contribution in [0.2, 0.25) is 0 Å². The van der Waals surface area contributed by atoms with Gasteiger partial charge in [0.25, 0.3) is 0 Å². The van der Waals surface area contributed by atoms with Crippen LogP contribution < -0.4 is 0 Å². The zero-order valence-electron chi connectivity index (χ0n) is 15.8. The first-order chi connectivity index (χ1) is 9.66. The molecule has 1 rings (SSSR count). The van der Waals surface area contributed by atoms with Crippen LogP contribution in [0, 0.1) is 5.41 Å². The van der Waals surface area contributed by atoms with Crippen LogP contribution in [0.15, 0.2) is 12.1 Å². The second-order valence-electron chi connectivity index (χ2n) is 9.38. The van der Waals surface area contributed by atoms with Crippen LogP contribution in [0.1, 0.15) is 79.0 Å². The van der Waals surface area contributed by atoms with Gasteiger partial charge in [-0.3, -0.25) is 0 Å². The summed E-state index contributed by atoms with van der Waals surface area (Å²) in [6.45, 7) is 18.7. The molecular weight excluding hydrogens is 272 g/mol. The number of phenols is 1. The first-order valence-corrected chi connectivity index (χ1v) is 8.21. The highest BCUT2D eigenvalue weighted by molar-refractivity contribution is 5.50. The van der Waals surface area contributed by atoms with E-state index in [0.29, 0.717) is 5.75 Å². The first kappa shape index (κ1) is 19.0. The second-order valence-corrected chi connectivity index (χ2v) is 9.38. The van der Waals surface area contributed by atoms with E-state index in [1.807, 2.05) is 6.92 Å². The van der Waals surface area contributed by atoms with Crippen molar-refractivity contribution in [1.82, 2.24) is 0 Å². The van der Waals surface area contributed by atoms with E-state index in [2.05, 4.69) is 67.5 Å². The lowest BCUT2D eigenvalue weighted by molar-refractivity contribution is 0.0665. The van der Waals surface area contributed by atoms with Crippen LogP contribution in [-0.4, -0.2) is 16.3 Å². The van der Waals surface area contributed by atoms with Gasteiger partial charge >= 0.3 is 0 Å². The van der Waals surface area contributed by atoms with Gasteiger partial charge in [-0.1, -0.05) is 67.5 Å². The number of aromatic hydroxyl groups is 1. The fraction of sp³-hybridized carbons (Fsp3) is 0.700. The molecular formula is C20H34O2. The van der Waals surface area contributed by atoms with Crippen molar-refractivity contribution in [2.75, 3.05) is 0 Å². The Morgan fingerprint density at radius 2 is 1.23 bits per heavy atom. The molecule has 2 nitrogen and oxygen atoms in total. The van der Waals surface area contributed by atoms with Crippen LogP contribution in [0.4, 0.5) is 0 Å². The highest BCUT2D eigenvalue weighted by Gasteiger charge is 2.29. The fourth-order valence-corrected chi connectivity index (χ4v) is 2.61. The molecule has 0 amide bonds. The largest absolute Gasteiger partial charge is 0.507 e. The highest BCUT2D eigenvalue weighted by atomic mass is 16.3. The zero-order valence-corrected chi connectivity index (χ0v) is 15.8. The lowest BCUT2D eigenvalue weighted by atomic mass is 9.75. The van der Waals surface area contributed by atoms with E-state index in [4.69, 9.17) is 0 Å².